The minimum atomic E-state index is -3.26. The third kappa shape index (κ3) is 6.02. The van der Waals surface area contributed by atoms with Crippen LogP contribution in [0.5, 0.6) is 0 Å². The minimum absolute atomic E-state index is 0.0186. The maximum absolute atomic E-state index is 12.2. The van der Waals surface area contributed by atoms with E-state index in [-0.39, 0.29) is 30.3 Å². The lowest BCUT2D eigenvalue weighted by atomic mass is 10.2. The number of sulfone groups is 1. The molecule has 28 heavy (non-hydrogen) atoms. The first-order valence-corrected chi connectivity index (χ1v) is 12.5. The van der Waals surface area contributed by atoms with Gasteiger partial charge in [-0.1, -0.05) is 53.5 Å². The molecule has 1 aromatic carbocycles. The topological polar surface area (TPSA) is 76.1 Å². The predicted molar refractivity (Wildman–Crippen MR) is 117 cm³/mol. The van der Waals surface area contributed by atoms with Gasteiger partial charge < -0.3 is 5.32 Å². The summed E-state index contributed by atoms with van der Waals surface area (Å²) in [6.07, 6.45) is 0.360. The van der Waals surface area contributed by atoms with Crippen LogP contribution in [0.15, 0.2) is 41.8 Å². The van der Waals surface area contributed by atoms with Gasteiger partial charge in [-0.2, -0.15) is 0 Å². The number of benzene rings is 1. The van der Waals surface area contributed by atoms with Crippen LogP contribution in [-0.2, 0) is 20.4 Å². The van der Waals surface area contributed by atoms with Crippen LogP contribution < -0.4 is 5.32 Å². The van der Waals surface area contributed by atoms with Crippen LogP contribution in [0.25, 0.3) is 11.3 Å². The maximum Gasteiger partial charge on any atom is 0.226 e. The average molecular weight is 475 g/mol. The number of amides is 1. The molecule has 1 N–H and O–H groups in total. The van der Waals surface area contributed by atoms with Gasteiger partial charge in [0.15, 0.2) is 15.0 Å². The van der Waals surface area contributed by atoms with E-state index in [1.54, 1.807) is 35.7 Å². The summed E-state index contributed by atoms with van der Waals surface area (Å²) in [4.78, 5) is 16.4. The number of nitrogens with one attached hydrogen (secondary N) is 1. The van der Waals surface area contributed by atoms with Crippen LogP contribution in [0.4, 0.5) is 5.13 Å². The molecular weight excluding hydrogens is 459 g/mol. The number of halogens is 2. The molecule has 0 fully saturated rings. The molecule has 148 valence electrons. The van der Waals surface area contributed by atoms with Crippen molar-refractivity contribution in [1.82, 2.24) is 4.98 Å². The Labute approximate surface area is 181 Å². The summed E-state index contributed by atoms with van der Waals surface area (Å²) in [7, 11) is -3.26. The van der Waals surface area contributed by atoms with Crippen LogP contribution in [-0.4, -0.2) is 25.1 Å². The molecule has 1 amide bonds. The lowest BCUT2D eigenvalue weighted by Crippen LogP contribution is -2.15. The molecule has 0 aliphatic rings. The predicted octanol–water partition coefficient (Wildman–Crippen LogP) is 5.51. The highest BCUT2D eigenvalue weighted by molar-refractivity contribution is 7.90. The molecule has 0 radical (unpaired) electrons. The van der Waals surface area contributed by atoms with E-state index in [0.717, 1.165) is 11.1 Å². The van der Waals surface area contributed by atoms with Crippen molar-refractivity contribution >= 4 is 66.8 Å². The van der Waals surface area contributed by atoms with Gasteiger partial charge in [0.1, 0.15) is 4.34 Å². The summed E-state index contributed by atoms with van der Waals surface area (Å²) in [6.45, 7) is 0. The van der Waals surface area contributed by atoms with E-state index in [1.165, 1.54) is 22.7 Å². The van der Waals surface area contributed by atoms with Crippen molar-refractivity contribution in [3.63, 3.8) is 0 Å². The summed E-state index contributed by atoms with van der Waals surface area (Å²) < 4.78 is 25.4. The summed E-state index contributed by atoms with van der Waals surface area (Å²) in [6, 6.07) is 10.7. The Balaban J connectivity index is 1.49. The Bertz CT molecular complexity index is 1060. The molecule has 0 bridgehead atoms. The molecule has 5 nitrogen and oxygen atoms in total. The van der Waals surface area contributed by atoms with Crippen LogP contribution >= 0.6 is 45.9 Å². The summed E-state index contributed by atoms with van der Waals surface area (Å²) in [5, 5.41) is 4.91. The fourth-order valence-corrected chi connectivity index (χ4v) is 6.14. The quantitative estimate of drug-likeness (QED) is 0.466. The van der Waals surface area contributed by atoms with Crippen LogP contribution in [0.3, 0.4) is 0 Å². The zero-order valence-corrected chi connectivity index (χ0v) is 18.5. The molecule has 3 rings (SSSR count). The highest BCUT2D eigenvalue weighted by atomic mass is 35.5. The first-order chi connectivity index (χ1) is 13.3. The molecule has 0 unspecified atom stereocenters. The lowest BCUT2D eigenvalue weighted by molar-refractivity contribution is -0.116. The van der Waals surface area contributed by atoms with Crippen molar-refractivity contribution < 1.29 is 13.2 Å². The molecule has 2 aromatic heterocycles. The molecule has 0 spiro atoms. The number of hydrogen-bond acceptors (Lipinski definition) is 6. The summed E-state index contributed by atoms with van der Waals surface area (Å²) in [5.74, 6) is -0.332. The molecule has 10 heteroatoms. The Morgan fingerprint density at radius 3 is 2.61 bits per heavy atom. The van der Waals surface area contributed by atoms with Gasteiger partial charge in [0.05, 0.1) is 21.5 Å². The van der Waals surface area contributed by atoms with Crippen molar-refractivity contribution in [3.8, 4) is 11.3 Å². The second-order valence-corrected chi connectivity index (χ2v) is 11.3. The Kier molecular flexibility index (Phi) is 7.11. The smallest absolute Gasteiger partial charge is 0.226 e. The average Bonchev–Trinajstić information content (AvgIpc) is 3.20. The molecule has 0 aliphatic carbocycles. The van der Waals surface area contributed by atoms with Gasteiger partial charge in [0.2, 0.25) is 5.91 Å². The number of nitrogens with zero attached hydrogens (tertiary/aromatic N) is 1. The summed E-state index contributed by atoms with van der Waals surface area (Å²) in [5.41, 5.74) is 2.11. The van der Waals surface area contributed by atoms with Crippen LogP contribution in [0.2, 0.25) is 8.67 Å². The third-order valence-electron chi connectivity index (χ3n) is 3.77. The first-order valence-electron chi connectivity index (χ1n) is 8.27. The Hall–Kier alpha value is -1.45. The van der Waals surface area contributed by atoms with E-state index >= 15 is 0 Å². The monoisotopic (exact) mass is 474 g/mol. The van der Waals surface area contributed by atoms with Crippen LogP contribution in [0.1, 0.15) is 18.4 Å². The van der Waals surface area contributed by atoms with E-state index < -0.39 is 9.84 Å². The zero-order valence-electron chi connectivity index (χ0n) is 14.5. The van der Waals surface area contributed by atoms with Crippen molar-refractivity contribution in [3.05, 3.63) is 56.0 Å². The molecule has 0 aliphatic heterocycles. The third-order valence-corrected chi connectivity index (χ3v) is 7.70. The van der Waals surface area contributed by atoms with Gasteiger partial charge in [0.25, 0.3) is 0 Å². The molecule has 0 saturated heterocycles. The van der Waals surface area contributed by atoms with Gasteiger partial charge in [-0.05, 0) is 18.1 Å². The molecule has 0 atom stereocenters. The zero-order chi connectivity index (χ0) is 20.1. The number of carbonyl (C=O) groups excluding carboxylic acids is 1. The van der Waals surface area contributed by atoms with E-state index in [0.29, 0.717) is 19.5 Å². The van der Waals surface area contributed by atoms with Gasteiger partial charge >= 0.3 is 0 Å². The van der Waals surface area contributed by atoms with E-state index in [1.807, 2.05) is 6.07 Å². The standard InChI is InChI=1S/C18H16Cl2N2O3S3/c19-15-9-13(17(20)27-15)14-10-26-18(21-14)22-16(23)7-4-8-28(24,25)11-12-5-2-1-3-6-12/h1-3,5-6,9-10H,4,7-8,11H2,(H,21,22,23). The maximum atomic E-state index is 12.2. The first kappa shape index (κ1) is 21.3. The molecule has 3 aromatic rings. The molecular formula is C18H16Cl2N2O3S3. The van der Waals surface area contributed by atoms with Crippen LogP contribution in [0, 0.1) is 0 Å². The minimum Gasteiger partial charge on any atom is -0.302 e. The van der Waals surface area contributed by atoms with E-state index in [9.17, 15) is 13.2 Å². The van der Waals surface area contributed by atoms with Gasteiger partial charge in [-0.25, -0.2) is 13.4 Å². The summed E-state index contributed by atoms with van der Waals surface area (Å²) >= 11 is 14.6. The Morgan fingerprint density at radius 1 is 1.18 bits per heavy atom. The number of aromatic nitrogens is 1. The number of carbonyl (C=O) groups is 1. The van der Waals surface area contributed by atoms with E-state index in [4.69, 9.17) is 23.2 Å². The number of hydrogen-bond donors (Lipinski definition) is 1. The number of anilines is 1. The normalized spacial score (nSPS) is 11.5. The lowest BCUT2D eigenvalue weighted by Gasteiger charge is -2.05. The molecule has 2 heterocycles. The highest BCUT2D eigenvalue weighted by Crippen LogP contribution is 2.38. The fraction of sp³-hybridized carbons (Fsp3) is 0.222. The van der Waals surface area contributed by atoms with E-state index in [2.05, 4.69) is 10.3 Å². The number of thiophene rings is 1. The Morgan fingerprint density at radius 2 is 1.93 bits per heavy atom. The van der Waals surface area contributed by atoms with Gasteiger partial charge in [-0.15, -0.1) is 22.7 Å². The van der Waals surface area contributed by atoms with Crippen molar-refractivity contribution in [2.24, 2.45) is 0 Å². The highest BCUT2D eigenvalue weighted by Gasteiger charge is 2.15. The van der Waals surface area contributed by atoms with Gasteiger partial charge in [-0.3, -0.25) is 4.79 Å². The SMILES string of the molecule is O=C(CCCS(=O)(=O)Cc1ccccc1)Nc1nc(-c2cc(Cl)sc2Cl)cs1. The number of thiazole rings is 1. The second-order valence-electron chi connectivity index (χ2n) is 6.01. The molecule has 0 saturated carbocycles. The van der Waals surface area contributed by atoms with Gasteiger partial charge in [0, 0.05) is 17.4 Å². The largest absolute Gasteiger partial charge is 0.302 e. The van der Waals surface area contributed by atoms with Crippen molar-refractivity contribution in [2.75, 3.05) is 11.1 Å². The second kappa shape index (κ2) is 9.37. The van der Waals surface area contributed by atoms with Crippen molar-refractivity contribution in [1.29, 1.82) is 0 Å². The fourth-order valence-electron chi connectivity index (χ4n) is 2.50. The number of rotatable bonds is 8. The van der Waals surface area contributed by atoms with Crippen molar-refractivity contribution in [2.45, 2.75) is 18.6 Å².